The van der Waals surface area contributed by atoms with E-state index >= 15 is 0 Å². The molecule has 0 aliphatic heterocycles. The van der Waals surface area contributed by atoms with E-state index < -0.39 is 10.0 Å². The van der Waals surface area contributed by atoms with Gasteiger partial charge in [-0.2, -0.15) is 5.26 Å². The Morgan fingerprint density at radius 3 is 2.23 bits per heavy atom. The lowest BCUT2D eigenvalue weighted by Gasteiger charge is -2.26. The monoisotopic (exact) mass is 514 g/mol. The van der Waals surface area contributed by atoms with Gasteiger partial charge < -0.3 is 9.80 Å². The van der Waals surface area contributed by atoms with Crippen LogP contribution >= 0.6 is 11.8 Å². The van der Waals surface area contributed by atoms with Gasteiger partial charge in [0.25, 0.3) is 0 Å². The number of hydrogen-bond acceptors (Lipinski definition) is 7. The molecule has 10 heteroatoms. The van der Waals surface area contributed by atoms with Crippen molar-refractivity contribution >= 4 is 39.0 Å². The molecular formula is C25H34N6O2S2. The largest absolute Gasteiger partial charge is 0.367 e. The fraction of sp³-hybridized carbons (Fsp3) is 0.480. The van der Waals surface area contributed by atoms with Gasteiger partial charge in [-0.3, -0.25) is 4.31 Å². The zero-order valence-corrected chi connectivity index (χ0v) is 23.0. The predicted octanol–water partition coefficient (Wildman–Crippen LogP) is 4.53. The van der Waals surface area contributed by atoms with E-state index in [1.54, 1.807) is 12.1 Å². The minimum Gasteiger partial charge on any atom is -0.367 e. The van der Waals surface area contributed by atoms with E-state index in [1.165, 1.54) is 29.4 Å². The first-order valence-electron chi connectivity index (χ1n) is 11.5. The molecule has 0 bridgehead atoms. The van der Waals surface area contributed by atoms with Crippen LogP contribution in [0.5, 0.6) is 0 Å². The van der Waals surface area contributed by atoms with Gasteiger partial charge >= 0.3 is 0 Å². The highest BCUT2D eigenvalue weighted by molar-refractivity contribution is 7.98. The molecule has 1 heterocycles. The van der Waals surface area contributed by atoms with Gasteiger partial charge in [0.05, 0.1) is 24.1 Å². The van der Waals surface area contributed by atoms with Crippen molar-refractivity contribution in [3.63, 3.8) is 0 Å². The van der Waals surface area contributed by atoms with Crippen molar-refractivity contribution < 1.29 is 8.42 Å². The summed E-state index contributed by atoms with van der Waals surface area (Å²) < 4.78 is 24.8. The number of likely N-dealkylation sites (N-methyl/N-ethyl adjacent to an activating group) is 2. The van der Waals surface area contributed by atoms with Crippen LogP contribution in [0.15, 0.2) is 29.3 Å². The number of rotatable bonds is 12. The van der Waals surface area contributed by atoms with E-state index in [2.05, 4.69) is 29.7 Å². The van der Waals surface area contributed by atoms with Crippen molar-refractivity contribution in [3.05, 3.63) is 52.4 Å². The van der Waals surface area contributed by atoms with Crippen molar-refractivity contribution in [3.8, 4) is 6.07 Å². The van der Waals surface area contributed by atoms with Crippen molar-refractivity contribution in [2.45, 2.75) is 38.0 Å². The minimum atomic E-state index is -3.32. The number of anilines is 2. The molecule has 0 saturated heterocycles. The fourth-order valence-corrected chi connectivity index (χ4v) is 5.08. The Morgan fingerprint density at radius 1 is 1.11 bits per heavy atom. The Kier molecular flexibility index (Phi) is 10.4. The SMILES string of the molecule is [C-]#[N+]c1c(N(C)CCN(CC)CC)nc(SCc2ccc(N(C)S(C)(=O)=O)cc2)c(C#N)c1CC. The average Bonchev–Trinajstić information content (AvgIpc) is 2.85. The molecule has 0 amide bonds. The summed E-state index contributed by atoms with van der Waals surface area (Å²) in [6.07, 6.45) is 1.74. The maximum absolute atomic E-state index is 11.8. The lowest BCUT2D eigenvalue weighted by molar-refractivity contribution is 0.311. The van der Waals surface area contributed by atoms with Crippen LogP contribution in [0.25, 0.3) is 4.85 Å². The standard InChI is InChI=1S/C25H34N6O2S2/c1-8-21-22(17-26)25(28-24(23(21)27-4)29(5)15-16-31(9-2)10-3)34-18-19-11-13-20(14-12-19)30(6)35(7,32)33/h11-14H,8-10,15-16,18H2,1-3,5-7H3. The normalized spacial score (nSPS) is 11.2. The van der Waals surface area contributed by atoms with Crippen molar-refractivity contribution in [1.29, 1.82) is 5.26 Å². The molecule has 0 aliphatic rings. The van der Waals surface area contributed by atoms with Crippen molar-refractivity contribution in [2.75, 3.05) is 55.7 Å². The van der Waals surface area contributed by atoms with Gasteiger partial charge in [-0.25, -0.2) is 18.2 Å². The number of nitriles is 1. The van der Waals surface area contributed by atoms with Gasteiger partial charge in [-0.15, -0.1) is 11.8 Å². The number of thioether (sulfide) groups is 1. The Bertz CT molecular complexity index is 1200. The maximum atomic E-state index is 11.8. The summed E-state index contributed by atoms with van der Waals surface area (Å²) >= 11 is 1.45. The first-order chi connectivity index (χ1) is 16.6. The summed E-state index contributed by atoms with van der Waals surface area (Å²) in [7, 11) is 0.137. The van der Waals surface area contributed by atoms with Crippen LogP contribution in [-0.2, 0) is 22.2 Å². The van der Waals surface area contributed by atoms with Crippen LogP contribution in [0.2, 0.25) is 0 Å². The van der Waals surface area contributed by atoms with Crippen LogP contribution in [-0.4, -0.2) is 64.8 Å². The molecule has 2 aromatic rings. The van der Waals surface area contributed by atoms with Crippen molar-refractivity contribution in [1.82, 2.24) is 9.88 Å². The van der Waals surface area contributed by atoms with Crippen LogP contribution in [0.1, 0.15) is 37.5 Å². The predicted molar refractivity (Wildman–Crippen MR) is 145 cm³/mol. The summed E-state index contributed by atoms with van der Waals surface area (Å²) in [5.74, 6) is 1.17. The summed E-state index contributed by atoms with van der Waals surface area (Å²) in [6.45, 7) is 17.5. The van der Waals surface area contributed by atoms with E-state index in [0.717, 1.165) is 37.3 Å². The number of aromatic nitrogens is 1. The summed E-state index contributed by atoms with van der Waals surface area (Å²) in [4.78, 5) is 12.9. The van der Waals surface area contributed by atoms with E-state index in [9.17, 15) is 13.7 Å². The molecular weight excluding hydrogens is 480 g/mol. The Hall–Kier alpha value is -2.79. The first kappa shape index (κ1) is 28.4. The van der Waals surface area contributed by atoms with Gasteiger partial charge in [-0.1, -0.05) is 32.9 Å². The van der Waals surface area contributed by atoms with Gasteiger partial charge in [0.2, 0.25) is 15.7 Å². The second-order valence-electron chi connectivity index (χ2n) is 8.15. The molecule has 0 spiro atoms. The minimum absolute atomic E-state index is 0.448. The van der Waals surface area contributed by atoms with Gasteiger partial charge in [0, 0.05) is 32.9 Å². The van der Waals surface area contributed by atoms with E-state index in [-0.39, 0.29) is 0 Å². The highest BCUT2D eigenvalue weighted by Crippen LogP contribution is 2.38. The lowest BCUT2D eigenvalue weighted by atomic mass is 10.1. The zero-order chi connectivity index (χ0) is 26.2. The molecule has 0 N–H and O–H groups in total. The third-order valence-corrected chi connectivity index (χ3v) is 8.23. The molecule has 1 aromatic carbocycles. The highest BCUT2D eigenvalue weighted by atomic mass is 32.2. The molecule has 188 valence electrons. The van der Waals surface area contributed by atoms with E-state index in [4.69, 9.17) is 11.6 Å². The van der Waals surface area contributed by atoms with E-state index in [1.807, 2.05) is 31.0 Å². The molecule has 0 unspecified atom stereocenters. The molecule has 35 heavy (non-hydrogen) atoms. The molecule has 0 atom stereocenters. The summed E-state index contributed by atoms with van der Waals surface area (Å²) in [5.41, 5.74) is 3.20. The quantitative estimate of drug-likeness (QED) is 0.304. The lowest BCUT2D eigenvalue weighted by Crippen LogP contribution is -2.33. The molecule has 0 aliphatic carbocycles. The van der Waals surface area contributed by atoms with Gasteiger partial charge in [0.1, 0.15) is 16.9 Å². The van der Waals surface area contributed by atoms with Crippen LogP contribution in [0, 0.1) is 17.9 Å². The average molecular weight is 515 g/mol. The molecule has 0 saturated carbocycles. The van der Waals surface area contributed by atoms with Crippen LogP contribution in [0.3, 0.4) is 0 Å². The topological polar surface area (TPSA) is 84.9 Å². The van der Waals surface area contributed by atoms with Crippen LogP contribution in [0.4, 0.5) is 17.2 Å². The smallest absolute Gasteiger partial charge is 0.232 e. The maximum Gasteiger partial charge on any atom is 0.232 e. The molecule has 8 nitrogen and oxygen atoms in total. The van der Waals surface area contributed by atoms with Crippen LogP contribution < -0.4 is 9.21 Å². The van der Waals surface area contributed by atoms with E-state index in [0.29, 0.717) is 40.0 Å². The Labute approximate surface area is 214 Å². The number of nitrogens with zero attached hydrogens (tertiary/aromatic N) is 6. The summed E-state index contributed by atoms with van der Waals surface area (Å²) in [5, 5.41) is 10.5. The highest BCUT2D eigenvalue weighted by Gasteiger charge is 2.22. The van der Waals surface area contributed by atoms with Gasteiger partial charge in [-0.05, 0) is 42.8 Å². The molecule has 0 radical (unpaired) electrons. The Balaban J connectivity index is 2.35. The second kappa shape index (κ2) is 12.8. The third-order valence-electron chi connectivity index (χ3n) is 5.98. The number of hydrogen-bond donors (Lipinski definition) is 0. The second-order valence-corrected chi connectivity index (χ2v) is 11.1. The van der Waals surface area contributed by atoms with Gasteiger partial charge in [0.15, 0.2) is 0 Å². The van der Waals surface area contributed by atoms with Crippen molar-refractivity contribution in [2.24, 2.45) is 0 Å². The number of pyridine rings is 1. The number of sulfonamides is 1. The zero-order valence-electron chi connectivity index (χ0n) is 21.4. The fourth-order valence-electron chi connectivity index (χ4n) is 3.62. The number of benzene rings is 1. The Morgan fingerprint density at radius 2 is 1.74 bits per heavy atom. The molecule has 0 fully saturated rings. The molecule has 2 rings (SSSR count). The third kappa shape index (κ3) is 7.11. The first-order valence-corrected chi connectivity index (χ1v) is 14.4. The summed E-state index contributed by atoms with van der Waals surface area (Å²) in [6, 6.07) is 9.56. The molecule has 1 aromatic heterocycles.